The number of hydrogen-bond acceptors (Lipinski definition) is 5. The number of allylic oxidation sites excluding steroid dienone is 2. The van der Waals surface area contributed by atoms with Gasteiger partial charge in [-0.1, -0.05) is 19.1 Å². The normalized spacial score (nSPS) is 25.3. The minimum atomic E-state index is -0.735. The maximum absolute atomic E-state index is 14.9. The highest BCUT2D eigenvalue weighted by atomic mass is 19.1. The van der Waals surface area contributed by atoms with Crippen molar-refractivity contribution in [1.82, 2.24) is 0 Å². The first kappa shape index (κ1) is 19.4. The molecular formula is C21H25FO5. The molecule has 1 heterocycles. The number of halogens is 1. The maximum Gasteiger partial charge on any atom is 0.197 e. The third kappa shape index (κ3) is 3.34. The van der Waals surface area contributed by atoms with Gasteiger partial charge in [0.1, 0.15) is 11.4 Å². The second-order valence-electron chi connectivity index (χ2n) is 7.01. The fourth-order valence-electron chi connectivity index (χ4n) is 4.00. The SMILES string of the molecule is C=CC[C@H]1C[C@]2([C@@H](C)Cc3ccc(OC)c(OC)c3F)OCOC2=CC1=O. The van der Waals surface area contributed by atoms with Crippen molar-refractivity contribution in [3.8, 4) is 11.5 Å². The van der Waals surface area contributed by atoms with Crippen LogP contribution in [0.2, 0.25) is 0 Å². The van der Waals surface area contributed by atoms with Gasteiger partial charge in [0, 0.05) is 12.0 Å². The molecule has 0 bridgehead atoms. The molecule has 146 valence electrons. The molecule has 27 heavy (non-hydrogen) atoms. The summed E-state index contributed by atoms with van der Waals surface area (Å²) < 4.78 is 36.8. The van der Waals surface area contributed by atoms with E-state index in [1.165, 1.54) is 20.3 Å². The van der Waals surface area contributed by atoms with Gasteiger partial charge in [-0.15, -0.1) is 6.58 Å². The van der Waals surface area contributed by atoms with E-state index in [1.807, 2.05) is 6.92 Å². The summed E-state index contributed by atoms with van der Waals surface area (Å²) in [5.74, 6) is 0.239. The zero-order valence-electron chi connectivity index (χ0n) is 15.9. The van der Waals surface area contributed by atoms with Crippen molar-refractivity contribution in [2.75, 3.05) is 21.0 Å². The molecule has 3 atom stereocenters. The lowest BCUT2D eigenvalue weighted by Gasteiger charge is -2.38. The fraction of sp³-hybridized carbons (Fsp3) is 0.476. The van der Waals surface area contributed by atoms with E-state index in [1.54, 1.807) is 18.2 Å². The number of ether oxygens (including phenoxy) is 4. The van der Waals surface area contributed by atoms with Crippen LogP contribution < -0.4 is 9.47 Å². The Morgan fingerprint density at radius 1 is 1.41 bits per heavy atom. The highest BCUT2D eigenvalue weighted by molar-refractivity contribution is 5.93. The third-order valence-corrected chi connectivity index (χ3v) is 5.51. The van der Waals surface area contributed by atoms with Crippen LogP contribution in [0, 0.1) is 17.7 Å². The van der Waals surface area contributed by atoms with Crippen LogP contribution in [0.4, 0.5) is 4.39 Å². The van der Waals surface area contributed by atoms with E-state index >= 15 is 0 Å². The fourth-order valence-corrected chi connectivity index (χ4v) is 4.00. The summed E-state index contributed by atoms with van der Waals surface area (Å²) in [4.78, 5) is 12.3. The number of hydrogen-bond donors (Lipinski definition) is 0. The Labute approximate surface area is 158 Å². The lowest BCUT2D eigenvalue weighted by atomic mass is 9.71. The second-order valence-corrected chi connectivity index (χ2v) is 7.01. The molecule has 0 N–H and O–H groups in total. The van der Waals surface area contributed by atoms with Gasteiger partial charge in [0.15, 0.2) is 29.9 Å². The van der Waals surface area contributed by atoms with Gasteiger partial charge in [0.25, 0.3) is 0 Å². The maximum atomic E-state index is 14.9. The average Bonchev–Trinajstić information content (AvgIpc) is 3.07. The van der Waals surface area contributed by atoms with E-state index in [0.717, 1.165) is 0 Å². The summed E-state index contributed by atoms with van der Waals surface area (Å²) in [5, 5.41) is 0. The number of carbonyl (C=O) groups excluding carboxylic acids is 1. The molecule has 1 aromatic carbocycles. The number of carbonyl (C=O) groups is 1. The molecule has 0 spiro atoms. The number of fused-ring (bicyclic) bond motifs is 1. The molecule has 1 fully saturated rings. The Morgan fingerprint density at radius 2 is 2.19 bits per heavy atom. The van der Waals surface area contributed by atoms with Crippen LogP contribution in [0.15, 0.2) is 36.6 Å². The van der Waals surface area contributed by atoms with Crippen molar-refractivity contribution in [2.45, 2.75) is 31.8 Å². The third-order valence-electron chi connectivity index (χ3n) is 5.51. The lowest BCUT2D eigenvalue weighted by Crippen LogP contribution is -2.45. The molecule has 1 saturated heterocycles. The van der Waals surface area contributed by atoms with Gasteiger partial charge in [-0.2, -0.15) is 0 Å². The van der Waals surface area contributed by atoms with Gasteiger partial charge in [-0.3, -0.25) is 4.79 Å². The van der Waals surface area contributed by atoms with Gasteiger partial charge < -0.3 is 18.9 Å². The monoisotopic (exact) mass is 376 g/mol. The molecule has 6 heteroatoms. The molecule has 1 aliphatic carbocycles. The molecule has 0 amide bonds. The molecular weight excluding hydrogens is 351 g/mol. The zero-order chi connectivity index (χ0) is 19.6. The van der Waals surface area contributed by atoms with Crippen LogP contribution in [0.25, 0.3) is 0 Å². The first-order chi connectivity index (χ1) is 13.0. The van der Waals surface area contributed by atoms with Crippen molar-refractivity contribution >= 4 is 5.78 Å². The van der Waals surface area contributed by atoms with Crippen molar-refractivity contribution in [3.63, 3.8) is 0 Å². The van der Waals surface area contributed by atoms with Crippen molar-refractivity contribution in [3.05, 3.63) is 48.0 Å². The summed E-state index contributed by atoms with van der Waals surface area (Å²) in [6, 6.07) is 3.38. The van der Waals surface area contributed by atoms with Crippen LogP contribution >= 0.6 is 0 Å². The van der Waals surface area contributed by atoms with Crippen LogP contribution in [0.5, 0.6) is 11.5 Å². The van der Waals surface area contributed by atoms with Gasteiger partial charge in [0.05, 0.1) is 14.2 Å². The van der Waals surface area contributed by atoms with E-state index < -0.39 is 11.4 Å². The molecule has 1 aliphatic heterocycles. The summed E-state index contributed by atoms with van der Waals surface area (Å²) in [7, 11) is 2.88. The molecule has 2 aliphatic rings. The average molecular weight is 376 g/mol. The van der Waals surface area contributed by atoms with E-state index in [9.17, 15) is 9.18 Å². The first-order valence-corrected chi connectivity index (χ1v) is 8.99. The van der Waals surface area contributed by atoms with E-state index in [0.29, 0.717) is 36.3 Å². The van der Waals surface area contributed by atoms with E-state index in [-0.39, 0.29) is 30.2 Å². The topological polar surface area (TPSA) is 54.0 Å². The summed E-state index contributed by atoms with van der Waals surface area (Å²) in [6.45, 7) is 5.82. The predicted molar refractivity (Wildman–Crippen MR) is 98.2 cm³/mol. The Hall–Kier alpha value is -2.34. The quantitative estimate of drug-likeness (QED) is 0.678. The summed E-state index contributed by atoms with van der Waals surface area (Å²) >= 11 is 0. The van der Waals surface area contributed by atoms with Crippen molar-refractivity contribution < 1.29 is 28.1 Å². The molecule has 0 radical (unpaired) electrons. The van der Waals surface area contributed by atoms with Gasteiger partial charge in [-0.05, 0) is 36.8 Å². The minimum Gasteiger partial charge on any atom is -0.493 e. The lowest BCUT2D eigenvalue weighted by molar-refractivity contribution is -0.123. The molecule has 3 rings (SSSR count). The predicted octanol–water partition coefficient (Wildman–Crippen LogP) is 3.81. The molecule has 5 nitrogen and oxygen atoms in total. The second kappa shape index (κ2) is 7.72. The van der Waals surface area contributed by atoms with Gasteiger partial charge in [0.2, 0.25) is 0 Å². The smallest absolute Gasteiger partial charge is 0.197 e. The van der Waals surface area contributed by atoms with E-state index in [4.69, 9.17) is 18.9 Å². The first-order valence-electron chi connectivity index (χ1n) is 8.99. The number of rotatable bonds is 7. The standard InChI is InChI=1S/C21H25FO5/c1-5-6-15-11-21(18(10-16(15)23)26-12-27-21)13(2)9-14-7-8-17(24-3)20(25-4)19(14)22/h5,7-8,10,13,15H,1,6,9,11-12H2,2-4H3/t13-,15-,21+/m0/s1. The van der Waals surface area contributed by atoms with Gasteiger partial charge >= 0.3 is 0 Å². The van der Waals surface area contributed by atoms with Gasteiger partial charge in [-0.25, -0.2) is 4.39 Å². The summed E-state index contributed by atoms with van der Waals surface area (Å²) in [6.07, 6.45) is 4.75. The molecule has 0 aromatic heterocycles. The minimum absolute atomic E-state index is 0.0236. The molecule has 0 saturated carbocycles. The Morgan fingerprint density at radius 3 is 2.85 bits per heavy atom. The van der Waals surface area contributed by atoms with Crippen LogP contribution in [-0.2, 0) is 20.7 Å². The van der Waals surface area contributed by atoms with Crippen LogP contribution in [0.1, 0.15) is 25.3 Å². The Bertz CT molecular complexity index is 772. The zero-order valence-corrected chi connectivity index (χ0v) is 15.9. The summed E-state index contributed by atoms with van der Waals surface area (Å²) in [5.41, 5.74) is -0.233. The highest BCUT2D eigenvalue weighted by Crippen LogP contribution is 2.47. The molecule has 0 unspecified atom stereocenters. The number of benzene rings is 1. The van der Waals surface area contributed by atoms with Crippen molar-refractivity contribution in [1.29, 1.82) is 0 Å². The van der Waals surface area contributed by atoms with Crippen molar-refractivity contribution in [2.24, 2.45) is 11.8 Å². The Kier molecular flexibility index (Phi) is 5.56. The van der Waals surface area contributed by atoms with Crippen LogP contribution in [0.3, 0.4) is 0 Å². The molecule has 1 aromatic rings. The highest BCUT2D eigenvalue weighted by Gasteiger charge is 2.51. The van der Waals surface area contributed by atoms with E-state index in [2.05, 4.69) is 6.58 Å². The number of methoxy groups -OCH3 is 2. The Balaban J connectivity index is 1.91. The van der Waals surface area contributed by atoms with Crippen LogP contribution in [-0.4, -0.2) is 32.4 Å². The number of ketones is 1. The largest absolute Gasteiger partial charge is 0.493 e.